The summed E-state index contributed by atoms with van der Waals surface area (Å²) in [5.74, 6) is -2.92. The number of ether oxygens (including phenoxy) is 2. The van der Waals surface area contributed by atoms with Crippen molar-refractivity contribution in [3.05, 3.63) is 40.0 Å². The van der Waals surface area contributed by atoms with Crippen LogP contribution in [0.5, 0.6) is 11.5 Å². The van der Waals surface area contributed by atoms with Gasteiger partial charge in [-0.25, -0.2) is 9.97 Å². The second-order valence-corrected chi connectivity index (χ2v) is 11.6. The Morgan fingerprint density at radius 1 is 1.07 bits per heavy atom. The number of hydrogen-bond donors (Lipinski definition) is 2. The van der Waals surface area contributed by atoms with Gasteiger partial charge in [-0.15, -0.1) is 37.7 Å². The number of aromatic nitrogens is 2. The fourth-order valence-corrected chi connectivity index (χ4v) is 6.86. The lowest BCUT2D eigenvalue weighted by molar-refractivity contribution is -0.276. The van der Waals surface area contributed by atoms with Crippen LogP contribution in [0.3, 0.4) is 0 Å². The molecule has 2 unspecified atom stereocenters. The molecule has 218 valence electrons. The number of anilines is 1. The van der Waals surface area contributed by atoms with Gasteiger partial charge in [0.05, 0.1) is 11.1 Å². The zero-order chi connectivity index (χ0) is 29.2. The van der Waals surface area contributed by atoms with Crippen molar-refractivity contribution in [3.8, 4) is 11.5 Å². The number of carbonyl (C=O) groups is 1. The Labute approximate surface area is 230 Å². The Hall–Kier alpha value is -3.14. The minimum absolute atomic E-state index is 0.0288. The number of aryl methyl sites for hydroxylation is 2. The van der Waals surface area contributed by atoms with E-state index in [0.717, 1.165) is 48.3 Å². The van der Waals surface area contributed by atoms with Crippen LogP contribution in [0.15, 0.2) is 18.2 Å². The van der Waals surface area contributed by atoms with Crippen molar-refractivity contribution in [3.63, 3.8) is 0 Å². The lowest BCUT2D eigenvalue weighted by Gasteiger charge is -2.16. The molecule has 2 atom stereocenters. The van der Waals surface area contributed by atoms with E-state index in [1.54, 1.807) is 6.92 Å². The molecule has 2 aromatic heterocycles. The van der Waals surface area contributed by atoms with Gasteiger partial charge in [-0.05, 0) is 55.4 Å². The van der Waals surface area contributed by atoms with E-state index in [9.17, 15) is 40.5 Å². The van der Waals surface area contributed by atoms with Gasteiger partial charge in [0.2, 0.25) is 0 Å². The third kappa shape index (κ3) is 7.53. The van der Waals surface area contributed by atoms with Crippen molar-refractivity contribution in [1.82, 2.24) is 9.97 Å². The Balaban J connectivity index is 1.70. The first-order valence-electron chi connectivity index (χ1n) is 12.0. The van der Waals surface area contributed by atoms with Crippen molar-refractivity contribution >= 4 is 44.1 Å². The Morgan fingerprint density at radius 2 is 1.70 bits per heavy atom. The summed E-state index contributed by atoms with van der Waals surface area (Å²) in [6, 6.07) is 2.31. The maximum Gasteiger partial charge on any atom is 0.573 e. The number of halogens is 6. The molecule has 0 radical (unpaired) electrons. The number of thiophene rings is 1. The van der Waals surface area contributed by atoms with Gasteiger partial charge in [0, 0.05) is 28.3 Å². The van der Waals surface area contributed by atoms with E-state index in [0.29, 0.717) is 16.3 Å². The molecule has 0 bridgehead atoms. The SMILES string of the molecule is CCC(C(=O)O)S(=O)Cc1nc(NCc2cc(OC(F)(F)F)cc(OC(F)(F)F)c2)c2c3c(sc2n1)CCCC3. The fourth-order valence-electron chi connectivity index (χ4n) is 4.40. The van der Waals surface area contributed by atoms with Crippen molar-refractivity contribution in [2.75, 3.05) is 5.32 Å². The zero-order valence-electron chi connectivity index (χ0n) is 20.8. The molecule has 2 N–H and O–H groups in total. The van der Waals surface area contributed by atoms with Crippen LogP contribution < -0.4 is 14.8 Å². The van der Waals surface area contributed by atoms with Crippen LogP contribution in [0, 0.1) is 0 Å². The van der Waals surface area contributed by atoms with Gasteiger partial charge in [-0.2, -0.15) is 0 Å². The number of hydrogen-bond acceptors (Lipinski definition) is 8. The average molecular weight is 612 g/mol. The van der Waals surface area contributed by atoms with Crippen molar-refractivity contribution < 1.29 is 49.9 Å². The fraction of sp³-hybridized carbons (Fsp3) is 0.458. The average Bonchev–Trinajstić information content (AvgIpc) is 3.19. The first kappa shape index (κ1) is 29.8. The number of alkyl halides is 6. The normalized spacial score (nSPS) is 15.4. The highest BCUT2D eigenvalue weighted by Gasteiger charge is 2.34. The maximum atomic E-state index is 12.8. The first-order chi connectivity index (χ1) is 18.7. The highest BCUT2D eigenvalue weighted by atomic mass is 32.2. The molecule has 16 heteroatoms. The lowest BCUT2D eigenvalue weighted by Crippen LogP contribution is -2.26. The molecule has 0 aliphatic heterocycles. The zero-order valence-corrected chi connectivity index (χ0v) is 22.5. The molecule has 3 aromatic rings. The smallest absolute Gasteiger partial charge is 0.480 e. The van der Waals surface area contributed by atoms with Crippen molar-refractivity contribution in [2.45, 2.75) is 69.3 Å². The van der Waals surface area contributed by atoms with Gasteiger partial charge in [0.15, 0.2) is 0 Å². The largest absolute Gasteiger partial charge is 0.573 e. The molecule has 0 amide bonds. The standard InChI is InChI=1S/C24H23F6N3O5S2/c1-2-17(22(34)35)40(36)11-18-32-20(19-15-5-3-4-6-16(15)39-21(19)33-18)31-10-12-7-13(37-23(25,26)27)9-14(8-12)38-24(28,29)30/h7-9,17H,2-6,10-11H2,1H3,(H,34,35)(H,31,32,33). The van der Waals surface area contributed by atoms with E-state index in [-0.39, 0.29) is 35.9 Å². The summed E-state index contributed by atoms with van der Waals surface area (Å²) in [7, 11) is -1.84. The topological polar surface area (TPSA) is 111 Å². The molecule has 1 aromatic carbocycles. The third-order valence-electron chi connectivity index (χ3n) is 5.96. The number of nitrogens with zero attached hydrogens (tertiary/aromatic N) is 2. The molecule has 2 heterocycles. The van der Waals surface area contributed by atoms with Gasteiger partial charge in [-0.1, -0.05) is 6.92 Å². The summed E-state index contributed by atoms with van der Waals surface area (Å²) in [5, 5.41) is 11.8. The predicted molar refractivity (Wildman–Crippen MR) is 135 cm³/mol. The van der Waals surface area contributed by atoms with Gasteiger partial charge < -0.3 is 19.9 Å². The number of nitrogens with one attached hydrogen (secondary N) is 1. The summed E-state index contributed by atoms with van der Waals surface area (Å²) in [4.78, 5) is 22.1. The molecule has 0 spiro atoms. The Bertz CT molecular complexity index is 1390. The number of carboxylic acid groups (broad SMARTS) is 1. The number of carboxylic acids is 1. The van der Waals surface area contributed by atoms with Gasteiger partial charge >= 0.3 is 18.7 Å². The van der Waals surface area contributed by atoms with Gasteiger partial charge in [0.25, 0.3) is 0 Å². The molecule has 1 aliphatic carbocycles. The quantitative estimate of drug-likeness (QED) is 0.265. The molecular weight excluding hydrogens is 588 g/mol. The van der Waals surface area contributed by atoms with Crippen LogP contribution >= 0.6 is 11.3 Å². The van der Waals surface area contributed by atoms with Crippen molar-refractivity contribution in [2.24, 2.45) is 0 Å². The molecule has 8 nitrogen and oxygen atoms in total. The Kier molecular flexibility index (Phi) is 8.77. The summed E-state index contributed by atoms with van der Waals surface area (Å²) in [6.07, 6.45) is -6.74. The summed E-state index contributed by atoms with van der Waals surface area (Å²) in [5.41, 5.74) is 0.965. The van der Waals surface area contributed by atoms with Crippen LogP contribution in [0.2, 0.25) is 0 Å². The lowest BCUT2D eigenvalue weighted by atomic mass is 9.97. The highest BCUT2D eigenvalue weighted by molar-refractivity contribution is 7.85. The minimum atomic E-state index is -5.15. The van der Waals surface area contributed by atoms with E-state index in [2.05, 4.69) is 24.8 Å². The van der Waals surface area contributed by atoms with E-state index in [1.807, 2.05) is 0 Å². The molecule has 40 heavy (non-hydrogen) atoms. The molecule has 0 saturated carbocycles. The number of aliphatic carboxylic acids is 1. The second kappa shape index (κ2) is 11.8. The molecule has 0 saturated heterocycles. The van der Waals surface area contributed by atoms with Crippen molar-refractivity contribution in [1.29, 1.82) is 0 Å². The van der Waals surface area contributed by atoms with Crippen LogP contribution in [0.4, 0.5) is 32.2 Å². The molecule has 4 rings (SSSR count). The number of rotatable bonds is 10. The highest BCUT2D eigenvalue weighted by Crippen LogP contribution is 2.39. The monoisotopic (exact) mass is 611 g/mol. The number of benzene rings is 1. The predicted octanol–water partition coefficient (Wildman–Crippen LogP) is 6.09. The van der Waals surface area contributed by atoms with E-state index < -0.39 is 46.2 Å². The Morgan fingerprint density at radius 3 is 2.27 bits per heavy atom. The number of fused-ring (bicyclic) bond motifs is 3. The second-order valence-electron chi connectivity index (χ2n) is 8.90. The minimum Gasteiger partial charge on any atom is -0.480 e. The van der Waals surface area contributed by atoms with Crippen LogP contribution in [-0.4, -0.2) is 43.2 Å². The van der Waals surface area contributed by atoms with Crippen LogP contribution in [0.1, 0.15) is 48.0 Å². The van der Waals surface area contributed by atoms with Gasteiger partial charge in [-0.3, -0.25) is 9.00 Å². The van der Waals surface area contributed by atoms with E-state index in [4.69, 9.17) is 0 Å². The third-order valence-corrected chi connectivity index (χ3v) is 8.86. The molecular formula is C24H23F6N3O5S2. The molecule has 0 fully saturated rings. The summed E-state index contributed by atoms with van der Waals surface area (Å²) >= 11 is 1.42. The van der Waals surface area contributed by atoms with E-state index >= 15 is 0 Å². The maximum absolute atomic E-state index is 12.8. The summed E-state index contributed by atoms with van der Waals surface area (Å²) in [6.45, 7) is 1.32. The molecule has 1 aliphatic rings. The first-order valence-corrected chi connectivity index (χ1v) is 14.2. The van der Waals surface area contributed by atoms with Crippen LogP contribution in [-0.2, 0) is 40.7 Å². The van der Waals surface area contributed by atoms with Gasteiger partial charge in [0.1, 0.15) is 33.2 Å². The summed E-state index contributed by atoms with van der Waals surface area (Å²) < 4.78 is 97.1. The van der Waals surface area contributed by atoms with E-state index in [1.165, 1.54) is 11.3 Å². The van der Waals surface area contributed by atoms with Crippen LogP contribution in [0.25, 0.3) is 10.2 Å².